The van der Waals surface area contributed by atoms with E-state index < -0.39 is 10.0 Å². The van der Waals surface area contributed by atoms with E-state index in [4.69, 9.17) is 0 Å². The second-order valence-corrected chi connectivity index (χ2v) is 8.94. The lowest BCUT2D eigenvalue weighted by Crippen LogP contribution is -2.30. The van der Waals surface area contributed by atoms with Crippen molar-refractivity contribution in [2.75, 3.05) is 11.9 Å². The van der Waals surface area contributed by atoms with Crippen molar-refractivity contribution in [3.05, 3.63) is 71.6 Å². The minimum atomic E-state index is -3.50. The molecular formula is C21H23FN2O2S. The Hall–Kier alpha value is -2.18. The van der Waals surface area contributed by atoms with Gasteiger partial charge in [-0.25, -0.2) is 17.5 Å². The standard InChI is InChI=1S/C21H23FN2O2S/c1-2-12-23-27(25,26)16-10-11-20-19(13-16)17-4-3-5-18(17)21(24-20)14-6-8-15(22)9-7-14/h3-4,6-11,13,17-18,21,23-24H,2,5,12H2,1H3. The number of benzene rings is 2. The predicted molar refractivity (Wildman–Crippen MR) is 105 cm³/mol. The monoisotopic (exact) mass is 386 g/mol. The Morgan fingerprint density at radius 2 is 1.96 bits per heavy atom. The number of fused-ring (bicyclic) bond motifs is 3. The lowest BCUT2D eigenvalue weighted by molar-refractivity contribution is 0.424. The van der Waals surface area contributed by atoms with E-state index in [1.165, 1.54) is 12.1 Å². The van der Waals surface area contributed by atoms with Crippen LogP contribution in [0.2, 0.25) is 0 Å². The maximum Gasteiger partial charge on any atom is 0.240 e. The zero-order chi connectivity index (χ0) is 19.0. The van der Waals surface area contributed by atoms with Crippen molar-refractivity contribution >= 4 is 15.7 Å². The first-order chi connectivity index (χ1) is 13.0. The summed E-state index contributed by atoms with van der Waals surface area (Å²) in [4.78, 5) is 0.302. The fourth-order valence-electron chi connectivity index (χ4n) is 4.06. The van der Waals surface area contributed by atoms with E-state index in [1.54, 1.807) is 12.1 Å². The number of hydrogen-bond acceptors (Lipinski definition) is 3. The van der Waals surface area contributed by atoms with Crippen molar-refractivity contribution in [2.24, 2.45) is 5.92 Å². The van der Waals surface area contributed by atoms with Crippen LogP contribution >= 0.6 is 0 Å². The number of halogens is 1. The first kappa shape index (κ1) is 18.2. The minimum absolute atomic E-state index is 0.0683. The molecule has 0 saturated carbocycles. The van der Waals surface area contributed by atoms with Gasteiger partial charge in [0.05, 0.1) is 10.9 Å². The molecule has 0 spiro atoms. The number of nitrogens with one attached hydrogen (secondary N) is 2. The molecule has 2 aliphatic rings. The van der Waals surface area contributed by atoms with Gasteiger partial charge < -0.3 is 5.32 Å². The highest BCUT2D eigenvalue weighted by atomic mass is 32.2. The SMILES string of the molecule is CCCNS(=O)(=O)c1ccc2c(c1)C1C=CCC1C(c1ccc(F)cc1)N2. The second-order valence-electron chi connectivity index (χ2n) is 7.17. The summed E-state index contributed by atoms with van der Waals surface area (Å²) in [5, 5.41) is 3.55. The molecule has 2 aromatic rings. The number of rotatable bonds is 5. The molecule has 27 heavy (non-hydrogen) atoms. The summed E-state index contributed by atoms with van der Waals surface area (Å²) in [5.74, 6) is 0.188. The highest BCUT2D eigenvalue weighted by Gasteiger charge is 2.38. The van der Waals surface area contributed by atoms with Crippen molar-refractivity contribution in [1.29, 1.82) is 0 Å². The highest BCUT2D eigenvalue weighted by Crippen LogP contribution is 2.50. The minimum Gasteiger partial charge on any atom is -0.378 e. The Morgan fingerprint density at radius 1 is 1.19 bits per heavy atom. The van der Waals surface area contributed by atoms with Crippen LogP contribution in [-0.2, 0) is 10.0 Å². The summed E-state index contributed by atoms with van der Waals surface area (Å²) < 4.78 is 40.9. The van der Waals surface area contributed by atoms with Gasteiger partial charge in [-0.1, -0.05) is 31.2 Å². The van der Waals surface area contributed by atoms with E-state index in [0.717, 1.165) is 29.7 Å². The lowest BCUT2D eigenvalue weighted by Gasteiger charge is -2.37. The Labute approximate surface area is 159 Å². The molecule has 0 bridgehead atoms. The van der Waals surface area contributed by atoms with Gasteiger partial charge in [-0.15, -0.1) is 0 Å². The molecule has 3 atom stereocenters. The van der Waals surface area contributed by atoms with Crippen LogP contribution in [0.4, 0.5) is 10.1 Å². The number of allylic oxidation sites excluding steroid dienone is 2. The van der Waals surface area contributed by atoms with E-state index in [2.05, 4.69) is 22.2 Å². The van der Waals surface area contributed by atoms with Crippen LogP contribution in [-0.4, -0.2) is 15.0 Å². The molecule has 142 valence electrons. The zero-order valence-electron chi connectivity index (χ0n) is 15.2. The van der Waals surface area contributed by atoms with Crippen LogP contribution in [0.3, 0.4) is 0 Å². The van der Waals surface area contributed by atoms with Gasteiger partial charge in [0.1, 0.15) is 5.82 Å². The topological polar surface area (TPSA) is 58.2 Å². The Kier molecular flexibility index (Phi) is 4.78. The first-order valence-corrected chi connectivity index (χ1v) is 10.8. The van der Waals surface area contributed by atoms with Crippen LogP contribution in [0.25, 0.3) is 0 Å². The Morgan fingerprint density at radius 3 is 2.70 bits per heavy atom. The Bertz CT molecular complexity index is 970. The van der Waals surface area contributed by atoms with E-state index in [9.17, 15) is 12.8 Å². The van der Waals surface area contributed by atoms with Crippen LogP contribution in [0.1, 0.15) is 42.9 Å². The third-order valence-corrected chi connectivity index (χ3v) is 6.87. The van der Waals surface area contributed by atoms with Gasteiger partial charge >= 0.3 is 0 Å². The number of hydrogen-bond donors (Lipinski definition) is 2. The van der Waals surface area contributed by atoms with E-state index in [0.29, 0.717) is 11.4 Å². The molecule has 1 heterocycles. The van der Waals surface area contributed by atoms with Crippen LogP contribution in [0.15, 0.2) is 59.5 Å². The molecular weight excluding hydrogens is 363 g/mol. The summed E-state index contributed by atoms with van der Waals surface area (Å²) in [5.41, 5.74) is 2.99. The smallest absolute Gasteiger partial charge is 0.240 e. The molecule has 6 heteroatoms. The van der Waals surface area contributed by atoms with Crippen LogP contribution in [0, 0.1) is 11.7 Å². The fraction of sp³-hybridized carbons (Fsp3) is 0.333. The molecule has 0 fully saturated rings. The fourth-order valence-corrected chi connectivity index (χ4v) is 5.23. The third kappa shape index (κ3) is 3.39. The average Bonchev–Trinajstić information content (AvgIpc) is 3.16. The van der Waals surface area contributed by atoms with Gasteiger partial charge in [0, 0.05) is 18.2 Å². The summed E-state index contributed by atoms with van der Waals surface area (Å²) in [7, 11) is -3.50. The summed E-state index contributed by atoms with van der Waals surface area (Å²) in [6.07, 6.45) is 5.97. The molecule has 1 aliphatic heterocycles. The molecule has 0 saturated heterocycles. The van der Waals surface area contributed by atoms with Crippen molar-refractivity contribution in [2.45, 2.75) is 36.6 Å². The molecule has 4 nitrogen and oxygen atoms in total. The summed E-state index contributed by atoms with van der Waals surface area (Å²) in [6.45, 7) is 2.36. The van der Waals surface area contributed by atoms with Crippen molar-refractivity contribution in [3.63, 3.8) is 0 Å². The average molecular weight is 386 g/mol. The normalized spacial score (nSPS) is 23.6. The summed E-state index contributed by atoms with van der Waals surface area (Å²) in [6, 6.07) is 12.0. The quantitative estimate of drug-likeness (QED) is 0.752. The van der Waals surface area contributed by atoms with E-state index >= 15 is 0 Å². The van der Waals surface area contributed by atoms with Gasteiger partial charge in [0.2, 0.25) is 10.0 Å². The molecule has 2 aromatic carbocycles. The molecule has 0 radical (unpaired) electrons. The van der Waals surface area contributed by atoms with E-state index in [-0.39, 0.29) is 23.7 Å². The van der Waals surface area contributed by atoms with Gasteiger partial charge in [-0.05, 0) is 60.2 Å². The van der Waals surface area contributed by atoms with Gasteiger partial charge in [0.25, 0.3) is 0 Å². The molecule has 3 unspecified atom stereocenters. The second kappa shape index (κ2) is 7.09. The van der Waals surface area contributed by atoms with Gasteiger partial charge in [0.15, 0.2) is 0 Å². The van der Waals surface area contributed by atoms with Gasteiger partial charge in [-0.2, -0.15) is 0 Å². The van der Waals surface area contributed by atoms with Crippen molar-refractivity contribution in [3.8, 4) is 0 Å². The Balaban J connectivity index is 1.70. The van der Waals surface area contributed by atoms with Crippen molar-refractivity contribution < 1.29 is 12.8 Å². The molecule has 0 amide bonds. The third-order valence-electron chi connectivity index (χ3n) is 5.42. The lowest BCUT2D eigenvalue weighted by atomic mass is 9.77. The molecule has 4 rings (SSSR count). The summed E-state index contributed by atoms with van der Waals surface area (Å²) >= 11 is 0. The molecule has 1 aliphatic carbocycles. The molecule has 0 aromatic heterocycles. The highest BCUT2D eigenvalue weighted by molar-refractivity contribution is 7.89. The number of sulfonamides is 1. The van der Waals surface area contributed by atoms with Crippen LogP contribution in [0.5, 0.6) is 0 Å². The largest absolute Gasteiger partial charge is 0.378 e. The van der Waals surface area contributed by atoms with Gasteiger partial charge in [-0.3, -0.25) is 0 Å². The van der Waals surface area contributed by atoms with E-state index in [1.807, 2.05) is 25.1 Å². The first-order valence-electron chi connectivity index (χ1n) is 9.32. The van der Waals surface area contributed by atoms with Crippen LogP contribution < -0.4 is 10.0 Å². The number of anilines is 1. The van der Waals surface area contributed by atoms with Crippen molar-refractivity contribution in [1.82, 2.24) is 4.72 Å². The zero-order valence-corrected chi connectivity index (χ0v) is 16.0. The predicted octanol–water partition coefficient (Wildman–Crippen LogP) is 4.34. The maximum atomic E-state index is 13.3. The maximum absolute atomic E-state index is 13.3. The molecule has 2 N–H and O–H groups in total.